The molecule has 8 heteroatoms. The Labute approximate surface area is 123 Å². The molecule has 1 heterocycles. The zero-order valence-electron chi connectivity index (χ0n) is 10.2. The second-order valence-electron chi connectivity index (χ2n) is 4.08. The normalized spacial score (nSPS) is 18.1. The summed E-state index contributed by atoms with van der Waals surface area (Å²) in [6.45, 7) is -0.338. The van der Waals surface area contributed by atoms with Crippen molar-refractivity contribution in [1.29, 1.82) is 0 Å². The number of thioether (sulfide) groups is 1. The molecule has 0 aromatic heterocycles. The van der Waals surface area contributed by atoms with E-state index >= 15 is 0 Å². The Hall–Kier alpha value is -1.47. The summed E-state index contributed by atoms with van der Waals surface area (Å²) in [5, 5.41) is 9.04. The van der Waals surface area contributed by atoms with E-state index in [1.807, 2.05) is 0 Å². The summed E-state index contributed by atoms with van der Waals surface area (Å²) >= 11 is 7.13. The van der Waals surface area contributed by atoms with Gasteiger partial charge in [-0.05, 0) is 18.2 Å². The highest BCUT2D eigenvalue weighted by atomic mass is 35.5. The molecule has 1 aliphatic heterocycles. The predicted octanol–water partition coefficient (Wildman–Crippen LogP) is 1.84. The zero-order valence-corrected chi connectivity index (χ0v) is 11.8. The highest BCUT2D eigenvalue weighted by Gasteiger charge is 2.34. The first kappa shape index (κ1) is 14.9. The molecule has 1 atom stereocenters. The SMILES string of the molecule is O=C(O)C1CSCN1C(=O)COc1ccc(F)cc1Cl. The van der Waals surface area contributed by atoms with E-state index < -0.39 is 23.7 Å². The molecule has 1 aliphatic rings. The van der Waals surface area contributed by atoms with Crippen LogP contribution in [0.4, 0.5) is 4.39 Å². The third-order valence-electron chi connectivity index (χ3n) is 2.73. The second kappa shape index (κ2) is 6.32. The lowest BCUT2D eigenvalue weighted by molar-refractivity contribution is -0.148. The van der Waals surface area contributed by atoms with E-state index in [0.717, 1.165) is 12.1 Å². The van der Waals surface area contributed by atoms with Gasteiger partial charge in [-0.15, -0.1) is 11.8 Å². The van der Waals surface area contributed by atoms with Gasteiger partial charge in [0.1, 0.15) is 17.6 Å². The van der Waals surface area contributed by atoms with E-state index in [-0.39, 0.29) is 17.4 Å². The van der Waals surface area contributed by atoms with Crippen molar-refractivity contribution in [3.05, 3.63) is 29.0 Å². The molecule has 2 rings (SSSR count). The first-order chi connectivity index (χ1) is 9.49. The molecule has 0 aliphatic carbocycles. The third-order valence-corrected chi connectivity index (χ3v) is 4.04. The first-order valence-corrected chi connectivity index (χ1v) is 7.20. The maximum Gasteiger partial charge on any atom is 0.327 e. The number of carbonyl (C=O) groups excluding carboxylic acids is 1. The van der Waals surface area contributed by atoms with Gasteiger partial charge >= 0.3 is 5.97 Å². The van der Waals surface area contributed by atoms with Crippen LogP contribution in [0.3, 0.4) is 0 Å². The fourth-order valence-corrected chi connectivity index (χ4v) is 3.10. The Kier molecular flexibility index (Phi) is 4.72. The maximum atomic E-state index is 12.8. The number of carboxylic acids is 1. The smallest absolute Gasteiger partial charge is 0.327 e. The number of carboxylic acid groups (broad SMARTS) is 1. The molecule has 0 bridgehead atoms. The van der Waals surface area contributed by atoms with Gasteiger partial charge in [-0.25, -0.2) is 9.18 Å². The van der Waals surface area contributed by atoms with E-state index in [1.165, 1.54) is 22.7 Å². The first-order valence-electron chi connectivity index (χ1n) is 5.67. The molecule has 0 spiro atoms. The minimum atomic E-state index is -1.04. The van der Waals surface area contributed by atoms with Gasteiger partial charge in [0.15, 0.2) is 6.61 Å². The molecular weight excluding hydrogens is 309 g/mol. The lowest BCUT2D eigenvalue weighted by Gasteiger charge is -2.20. The standard InChI is InChI=1S/C12H11ClFNO4S/c13-8-3-7(14)1-2-10(8)19-4-11(16)15-6-20-5-9(15)12(17)18/h1-3,9H,4-6H2,(H,17,18). The average Bonchev–Trinajstić information content (AvgIpc) is 2.86. The fourth-order valence-electron chi connectivity index (χ4n) is 1.71. The van der Waals surface area contributed by atoms with Crippen LogP contribution in [0.1, 0.15) is 0 Å². The molecule has 1 N–H and O–H groups in total. The zero-order chi connectivity index (χ0) is 14.7. The molecule has 1 aromatic rings. The second-order valence-corrected chi connectivity index (χ2v) is 5.49. The van der Waals surface area contributed by atoms with Crippen molar-refractivity contribution in [2.45, 2.75) is 6.04 Å². The number of halogens is 2. The molecule has 0 radical (unpaired) electrons. The minimum Gasteiger partial charge on any atom is -0.482 e. The van der Waals surface area contributed by atoms with Crippen LogP contribution < -0.4 is 4.74 Å². The van der Waals surface area contributed by atoms with Gasteiger partial charge in [-0.2, -0.15) is 0 Å². The Bertz CT molecular complexity index is 542. The highest BCUT2D eigenvalue weighted by molar-refractivity contribution is 7.99. The van der Waals surface area contributed by atoms with Crippen LogP contribution in [0.25, 0.3) is 0 Å². The van der Waals surface area contributed by atoms with Crippen molar-refractivity contribution in [1.82, 2.24) is 4.90 Å². The molecule has 0 saturated carbocycles. The fraction of sp³-hybridized carbons (Fsp3) is 0.333. The molecule has 108 valence electrons. The van der Waals surface area contributed by atoms with Crippen molar-refractivity contribution in [3.63, 3.8) is 0 Å². The number of benzene rings is 1. The lowest BCUT2D eigenvalue weighted by Crippen LogP contribution is -2.43. The maximum absolute atomic E-state index is 12.8. The summed E-state index contributed by atoms with van der Waals surface area (Å²) in [6, 6.07) is 2.72. The summed E-state index contributed by atoms with van der Waals surface area (Å²) < 4.78 is 18.1. The van der Waals surface area contributed by atoms with Gasteiger partial charge < -0.3 is 14.7 Å². The van der Waals surface area contributed by atoms with Crippen LogP contribution in [0.2, 0.25) is 5.02 Å². The molecule has 1 aromatic carbocycles. The number of ether oxygens (including phenoxy) is 1. The highest BCUT2D eigenvalue weighted by Crippen LogP contribution is 2.26. The summed E-state index contributed by atoms with van der Waals surface area (Å²) in [6.07, 6.45) is 0. The van der Waals surface area contributed by atoms with Crippen molar-refractivity contribution in [2.24, 2.45) is 0 Å². The van der Waals surface area contributed by atoms with Crippen LogP contribution in [-0.2, 0) is 9.59 Å². The molecule has 1 fully saturated rings. The molecule has 1 unspecified atom stereocenters. The predicted molar refractivity (Wildman–Crippen MR) is 72.5 cm³/mol. The van der Waals surface area contributed by atoms with Crippen molar-refractivity contribution >= 4 is 35.2 Å². The molecule has 1 amide bonds. The van der Waals surface area contributed by atoms with Gasteiger partial charge in [0.05, 0.1) is 10.9 Å². The number of amides is 1. The van der Waals surface area contributed by atoms with Gasteiger partial charge in [0.25, 0.3) is 5.91 Å². The topological polar surface area (TPSA) is 66.8 Å². The molecule has 1 saturated heterocycles. The Balaban J connectivity index is 1.96. The number of aliphatic carboxylic acids is 1. The van der Waals surface area contributed by atoms with E-state index in [9.17, 15) is 14.0 Å². The minimum absolute atomic E-state index is 0.0587. The number of carbonyl (C=O) groups is 2. The summed E-state index contributed by atoms with van der Waals surface area (Å²) in [5.74, 6) is -1.13. The largest absolute Gasteiger partial charge is 0.482 e. The Morgan fingerprint density at radius 1 is 1.55 bits per heavy atom. The van der Waals surface area contributed by atoms with Crippen molar-refractivity contribution < 1.29 is 23.8 Å². The van der Waals surface area contributed by atoms with Gasteiger partial charge in [0, 0.05) is 5.75 Å². The van der Waals surface area contributed by atoms with Crippen LogP contribution in [0.5, 0.6) is 5.75 Å². The summed E-state index contributed by atoms with van der Waals surface area (Å²) in [4.78, 5) is 24.1. The molecular formula is C12H11ClFNO4S. The number of rotatable bonds is 4. The van der Waals surface area contributed by atoms with E-state index in [0.29, 0.717) is 11.6 Å². The monoisotopic (exact) mass is 319 g/mol. The van der Waals surface area contributed by atoms with E-state index in [2.05, 4.69) is 0 Å². The van der Waals surface area contributed by atoms with Crippen LogP contribution in [0.15, 0.2) is 18.2 Å². The van der Waals surface area contributed by atoms with Crippen LogP contribution in [0, 0.1) is 5.82 Å². The van der Waals surface area contributed by atoms with Crippen LogP contribution in [-0.4, -0.2) is 46.2 Å². The average molecular weight is 320 g/mol. The Morgan fingerprint density at radius 2 is 2.30 bits per heavy atom. The summed E-state index contributed by atoms with van der Waals surface area (Å²) in [7, 11) is 0. The van der Waals surface area contributed by atoms with Crippen molar-refractivity contribution in [3.8, 4) is 5.75 Å². The Morgan fingerprint density at radius 3 is 2.95 bits per heavy atom. The molecule has 5 nitrogen and oxygen atoms in total. The van der Waals surface area contributed by atoms with E-state index in [4.69, 9.17) is 21.4 Å². The van der Waals surface area contributed by atoms with Crippen LogP contribution >= 0.6 is 23.4 Å². The number of hydrogen-bond acceptors (Lipinski definition) is 4. The number of nitrogens with zero attached hydrogens (tertiary/aromatic N) is 1. The van der Waals surface area contributed by atoms with Gasteiger partial charge in [0.2, 0.25) is 0 Å². The third kappa shape index (κ3) is 3.34. The quantitative estimate of drug-likeness (QED) is 0.917. The summed E-state index contributed by atoms with van der Waals surface area (Å²) in [5.41, 5.74) is 0. The lowest BCUT2D eigenvalue weighted by atomic mass is 10.3. The molecule has 20 heavy (non-hydrogen) atoms. The van der Waals surface area contributed by atoms with Gasteiger partial charge in [-0.3, -0.25) is 4.79 Å². The van der Waals surface area contributed by atoms with E-state index in [1.54, 1.807) is 0 Å². The number of hydrogen-bond donors (Lipinski definition) is 1. The van der Waals surface area contributed by atoms with Gasteiger partial charge in [-0.1, -0.05) is 11.6 Å². The van der Waals surface area contributed by atoms with Crippen molar-refractivity contribution in [2.75, 3.05) is 18.2 Å².